The van der Waals surface area contributed by atoms with Gasteiger partial charge in [-0.2, -0.15) is 4.31 Å². The van der Waals surface area contributed by atoms with E-state index in [9.17, 15) is 13.2 Å². The van der Waals surface area contributed by atoms with Gasteiger partial charge in [-0.15, -0.1) is 11.3 Å². The van der Waals surface area contributed by atoms with Crippen LogP contribution in [0.2, 0.25) is 0 Å². The maximum absolute atomic E-state index is 13.2. The Bertz CT molecular complexity index is 915. The van der Waals surface area contributed by atoms with Crippen LogP contribution in [0.15, 0.2) is 34.5 Å². The van der Waals surface area contributed by atoms with Gasteiger partial charge in [-0.3, -0.25) is 0 Å². The van der Waals surface area contributed by atoms with Crippen molar-refractivity contribution in [3.63, 3.8) is 0 Å². The Balaban J connectivity index is 2.27. The van der Waals surface area contributed by atoms with Gasteiger partial charge in [-0.05, 0) is 30.0 Å². The average molecular weight is 441 g/mol. The minimum Gasteiger partial charge on any atom is -0.461 e. The first-order valence-corrected chi connectivity index (χ1v) is 11.6. The molecule has 0 aliphatic carbocycles. The highest BCUT2D eigenvalue weighted by atomic mass is 32.2. The number of rotatable bonds is 9. The predicted molar refractivity (Wildman–Crippen MR) is 113 cm³/mol. The van der Waals surface area contributed by atoms with Crippen LogP contribution >= 0.6 is 11.3 Å². The van der Waals surface area contributed by atoms with Crippen LogP contribution in [-0.2, 0) is 31.5 Å². The highest BCUT2D eigenvalue weighted by Gasteiger charge is 2.26. The molecule has 0 aliphatic heterocycles. The Labute approximate surface area is 176 Å². The molecule has 2 aromatic rings. The molecule has 0 fully saturated rings. The van der Waals surface area contributed by atoms with Crippen LogP contribution in [0.4, 0.5) is 0 Å². The molecule has 2 rings (SSSR count). The van der Waals surface area contributed by atoms with Crippen molar-refractivity contribution in [1.82, 2.24) is 9.29 Å². The zero-order valence-electron chi connectivity index (χ0n) is 17.5. The fourth-order valence-corrected chi connectivity index (χ4v) is 4.83. The molecule has 1 heterocycles. The molecule has 0 radical (unpaired) electrons. The van der Waals surface area contributed by atoms with Crippen LogP contribution in [0.1, 0.15) is 48.8 Å². The summed E-state index contributed by atoms with van der Waals surface area (Å²) in [6.07, 6.45) is 0. The lowest BCUT2D eigenvalue weighted by Gasteiger charge is -2.22. The van der Waals surface area contributed by atoms with Crippen molar-refractivity contribution in [3.05, 3.63) is 45.9 Å². The van der Waals surface area contributed by atoms with Crippen molar-refractivity contribution in [1.29, 1.82) is 0 Å². The molecule has 0 saturated heterocycles. The molecule has 0 atom stereocenters. The molecule has 160 valence electrons. The SMILES string of the molecule is CCOC(=O)c1csc(CN(CCOC)S(=O)(=O)c2ccc(C(C)(C)C)cc2)n1. The molecule has 0 N–H and O–H groups in total. The van der Waals surface area contributed by atoms with E-state index in [-0.39, 0.29) is 42.3 Å². The molecule has 1 aromatic heterocycles. The molecule has 0 amide bonds. The third-order valence-electron chi connectivity index (χ3n) is 4.25. The van der Waals surface area contributed by atoms with Gasteiger partial charge in [0.1, 0.15) is 5.01 Å². The number of hydrogen-bond donors (Lipinski definition) is 0. The minimum atomic E-state index is -3.75. The second kappa shape index (κ2) is 9.80. The number of nitrogens with zero attached hydrogens (tertiary/aromatic N) is 2. The van der Waals surface area contributed by atoms with Crippen molar-refractivity contribution < 1.29 is 22.7 Å². The molecule has 0 bridgehead atoms. The molecule has 29 heavy (non-hydrogen) atoms. The average Bonchev–Trinajstić information content (AvgIpc) is 3.13. The van der Waals surface area contributed by atoms with Crippen LogP contribution in [-0.4, -0.2) is 50.5 Å². The number of methoxy groups -OCH3 is 1. The van der Waals surface area contributed by atoms with E-state index < -0.39 is 16.0 Å². The number of aromatic nitrogens is 1. The van der Waals surface area contributed by atoms with Gasteiger partial charge in [-0.25, -0.2) is 18.2 Å². The summed E-state index contributed by atoms with van der Waals surface area (Å²) in [5, 5.41) is 2.09. The lowest BCUT2D eigenvalue weighted by molar-refractivity contribution is 0.0520. The topological polar surface area (TPSA) is 85.8 Å². The minimum absolute atomic E-state index is 0.0524. The fourth-order valence-electron chi connectivity index (χ4n) is 2.59. The number of carbonyl (C=O) groups excluding carboxylic acids is 1. The van der Waals surface area contributed by atoms with E-state index >= 15 is 0 Å². The van der Waals surface area contributed by atoms with Crippen molar-refractivity contribution in [2.24, 2.45) is 0 Å². The smallest absolute Gasteiger partial charge is 0.357 e. The molecule has 1 aromatic carbocycles. The van der Waals surface area contributed by atoms with Crippen LogP contribution in [0.3, 0.4) is 0 Å². The lowest BCUT2D eigenvalue weighted by Crippen LogP contribution is -2.33. The third kappa shape index (κ3) is 6.08. The number of benzene rings is 1. The molecule has 7 nitrogen and oxygen atoms in total. The first-order chi connectivity index (χ1) is 13.6. The summed E-state index contributed by atoms with van der Waals surface area (Å²) in [6, 6.07) is 6.93. The monoisotopic (exact) mass is 440 g/mol. The Morgan fingerprint density at radius 3 is 2.41 bits per heavy atom. The largest absolute Gasteiger partial charge is 0.461 e. The van der Waals surface area contributed by atoms with Gasteiger partial charge in [0, 0.05) is 19.0 Å². The summed E-state index contributed by atoms with van der Waals surface area (Å²) < 4.78 is 37.7. The Kier molecular flexibility index (Phi) is 7.93. The van der Waals surface area contributed by atoms with Crippen LogP contribution in [0.25, 0.3) is 0 Å². The zero-order valence-corrected chi connectivity index (χ0v) is 19.1. The van der Waals surface area contributed by atoms with Gasteiger partial charge >= 0.3 is 5.97 Å². The second-order valence-corrected chi connectivity index (χ2v) is 10.3. The van der Waals surface area contributed by atoms with E-state index in [1.807, 2.05) is 12.1 Å². The van der Waals surface area contributed by atoms with Gasteiger partial charge in [-0.1, -0.05) is 32.9 Å². The summed E-state index contributed by atoms with van der Waals surface area (Å²) in [5.74, 6) is -0.515. The van der Waals surface area contributed by atoms with E-state index in [1.54, 1.807) is 24.4 Å². The molecule has 9 heteroatoms. The zero-order chi connectivity index (χ0) is 21.7. The first-order valence-electron chi connectivity index (χ1n) is 9.30. The summed E-state index contributed by atoms with van der Waals surface area (Å²) >= 11 is 1.22. The molecule has 0 spiro atoms. The van der Waals surface area contributed by atoms with Gasteiger partial charge in [0.25, 0.3) is 0 Å². The van der Waals surface area contributed by atoms with Crippen molar-refractivity contribution in [2.45, 2.75) is 44.6 Å². The predicted octanol–water partition coefficient (Wildman–Crippen LogP) is 3.45. The first kappa shape index (κ1) is 23.5. The molecular weight excluding hydrogens is 412 g/mol. The standard InChI is InChI=1S/C20H28N2O5S2/c1-6-27-19(23)17-14-28-18(21-17)13-22(11-12-26-5)29(24,25)16-9-7-15(8-10-16)20(2,3)4/h7-10,14H,6,11-13H2,1-5H3. The molecule has 0 unspecified atom stereocenters. The highest BCUT2D eigenvalue weighted by Crippen LogP contribution is 2.25. The summed E-state index contributed by atoms with van der Waals surface area (Å²) in [5.41, 5.74) is 1.17. The quantitative estimate of drug-likeness (QED) is 0.555. The Morgan fingerprint density at radius 2 is 1.86 bits per heavy atom. The number of hydrogen-bond acceptors (Lipinski definition) is 7. The fraction of sp³-hybridized carbons (Fsp3) is 0.500. The molecule has 0 saturated carbocycles. The van der Waals surface area contributed by atoms with Crippen LogP contribution in [0, 0.1) is 0 Å². The molecular formula is C20H28N2O5S2. The van der Waals surface area contributed by atoms with Crippen LogP contribution in [0.5, 0.6) is 0 Å². The highest BCUT2D eigenvalue weighted by molar-refractivity contribution is 7.89. The maximum atomic E-state index is 13.2. The van der Waals surface area contributed by atoms with Gasteiger partial charge in [0.05, 0.1) is 24.7 Å². The third-order valence-corrected chi connectivity index (χ3v) is 6.94. The molecule has 0 aliphatic rings. The van der Waals surface area contributed by atoms with E-state index in [4.69, 9.17) is 9.47 Å². The van der Waals surface area contributed by atoms with E-state index in [0.717, 1.165) is 5.56 Å². The number of esters is 1. The van der Waals surface area contributed by atoms with Crippen molar-refractivity contribution >= 4 is 27.3 Å². The number of sulfonamides is 1. The summed E-state index contributed by atoms with van der Waals surface area (Å²) in [4.78, 5) is 16.3. The van der Waals surface area contributed by atoms with Crippen molar-refractivity contribution in [2.75, 3.05) is 26.9 Å². The summed E-state index contributed by atoms with van der Waals surface area (Å²) in [6.45, 7) is 8.67. The van der Waals surface area contributed by atoms with Gasteiger partial charge in [0.2, 0.25) is 10.0 Å². The normalized spacial score (nSPS) is 12.3. The van der Waals surface area contributed by atoms with E-state index in [0.29, 0.717) is 5.01 Å². The number of ether oxygens (including phenoxy) is 2. The number of thiazole rings is 1. The van der Waals surface area contributed by atoms with Gasteiger partial charge in [0.15, 0.2) is 5.69 Å². The number of carbonyl (C=O) groups is 1. The lowest BCUT2D eigenvalue weighted by atomic mass is 9.87. The van der Waals surface area contributed by atoms with Gasteiger partial charge < -0.3 is 9.47 Å². The van der Waals surface area contributed by atoms with E-state index in [1.165, 1.54) is 22.8 Å². The summed E-state index contributed by atoms with van der Waals surface area (Å²) in [7, 11) is -2.23. The van der Waals surface area contributed by atoms with Crippen LogP contribution < -0.4 is 0 Å². The van der Waals surface area contributed by atoms with Crippen molar-refractivity contribution in [3.8, 4) is 0 Å². The second-order valence-electron chi connectivity index (χ2n) is 7.45. The Hall–Kier alpha value is -1.81. The van der Waals surface area contributed by atoms with E-state index in [2.05, 4.69) is 25.8 Å². The Morgan fingerprint density at radius 1 is 1.21 bits per heavy atom. The maximum Gasteiger partial charge on any atom is 0.357 e.